The summed E-state index contributed by atoms with van der Waals surface area (Å²) < 4.78 is 6.44. The maximum atomic E-state index is 12.0. The second-order valence-electron chi connectivity index (χ2n) is 9.42. The lowest BCUT2D eigenvalue weighted by Crippen LogP contribution is -2.64. The molecule has 6 atom stereocenters. The number of fused-ring (bicyclic) bond motifs is 3. The van der Waals surface area contributed by atoms with Gasteiger partial charge >= 0.3 is 5.97 Å². The molecule has 5 heteroatoms. The van der Waals surface area contributed by atoms with E-state index >= 15 is 0 Å². The first-order chi connectivity index (χ1) is 11.5. The Labute approximate surface area is 150 Å². The summed E-state index contributed by atoms with van der Waals surface area (Å²) in [6.45, 7) is 8.11. The maximum absolute atomic E-state index is 12.0. The summed E-state index contributed by atoms with van der Waals surface area (Å²) >= 11 is 0. The van der Waals surface area contributed by atoms with Crippen molar-refractivity contribution in [3.8, 4) is 0 Å². The Bertz CT molecular complexity index is 601. The fourth-order valence-electron chi connectivity index (χ4n) is 6.60. The molecule has 1 heterocycles. The SMILES string of the molecule is CC1(C(O)=CO)CCC2C(C)(CCC3C(C)(C(=O)O)CCCC23C)O1. The van der Waals surface area contributed by atoms with Gasteiger partial charge in [-0.15, -0.1) is 0 Å². The van der Waals surface area contributed by atoms with Gasteiger partial charge in [0.2, 0.25) is 0 Å². The molecule has 0 radical (unpaired) electrons. The van der Waals surface area contributed by atoms with Crippen molar-refractivity contribution in [3.63, 3.8) is 0 Å². The predicted molar refractivity (Wildman–Crippen MR) is 94.4 cm³/mol. The smallest absolute Gasteiger partial charge is 0.309 e. The first-order valence-electron chi connectivity index (χ1n) is 9.49. The quantitative estimate of drug-likeness (QED) is 0.633. The maximum Gasteiger partial charge on any atom is 0.309 e. The number of carboxylic acid groups (broad SMARTS) is 1. The van der Waals surface area contributed by atoms with E-state index in [2.05, 4.69) is 13.8 Å². The van der Waals surface area contributed by atoms with E-state index in [1.54, 1.807) is 0 Å². The van der Waals surface area contributed by atoms with Gasteiger partial charge in [-0.3, -0.25) is 4.79 Å². The molecule has 0 aromatic rings. The highest BCUT2D eigenvalue weighted by Gasteiger charge is 2.64. The standard InChI is InChI=1S/C20H32O5/c1-17-8-5-9-18(2,16(23)24)13(17)6-10-19(3)14(17)7-11-20(4,25-19)15(22)12-21/h12-14,21-22H,5-11H2,1-4H3,(H,23,24). The lowest BCUT2D eigenvalue weighted by atomic mass is 9.44. The van der Waals surface area contributed by atoms with Crippen LogP contribution in [0.25, 0.3) is 0 Å². The molecule has 5 nitrogen and oxygen atoms in total. The normalized spacial score (nSPS) is 50.6. The Balaban J connectivity index is 1.96. The van der Waals surface area contributed by atoms with Gasteiger partial charge in [0.05, 0.1) is 11.0 Å². The Hall–Kier alpha value is -1.23. The zero-order valence-electron chi connectivity index (χ0n) is 15.8. The molecular formula is C20H32O5. The van der Waals surface area contributed by atoms with Gasteiger partial charge in [0, 0.05) is 0 Å². The van der Waals surface area contributed by atoms with E-state index in [1.807, 2.05) is 13.8 Å². The number of ether oxygens (including phenoxy) is 1. The van der Waals surface area contributed by atoms with Crippen LogP contribution in [0.1, 0.15) is 72.6 Å². The fourth-order valence-corrected chi connectivity index (χ4v) is 6.60. The molecule has 25 heavy (non-hydrogen) atoms. The Kier molecular flexibility index (Phi) is 4.18. The summed E-state index contributed by atoms with van der Waals surface area (Å²) in [5.74, 6) is -0.385. The van der Waals surface area contributed by atoms with E-state index < -0.39 is 22.6 Å². The molecule has 0 spiro atoms. The van der Waals surface area contributed by atoms with E-state index in [-0.39, 0.29) is 23.0 Å². The van der Waals surface area contributed by atoms with Crippen molar-refractivity contribution >= 4 is 5.97 Å². The van der Waals surface area contributed by atoms with Crippen molar-refractivity contribution in [2.45, 2.75) is 83.8 Å². The van der Waals surface area contributed by atoms with Gasteiger partial charge in [-0.25, -0.2) is 0 Å². The van der Waals surface area contributed by atoms with Crippen LogP contribution in [0, 0.1) is 22.7 Å². The van der Waals surface area contributed by atoms with Crippen LogP contribution in [-0.2, 0) is 9.53 Å². The Morgan fingerprint density at radius 2 is 1.64 bits per heavy atom. The minimum atomic E-state index is -0.867. The molecule has 142 valence electrons. The van der Waals surface area contributed by atoms with Crippen molar-refractivity contribution in [1.29, 1.82) is 0 Å². The van der Waals surface area contributed by atoms with E-state index in [9.17, 15) is 20.1 Å². The highest BCUT2D eigenvalue weighted by atomic mass is 16.5. The summed E-state index contributed by atoms with van der Waals surface area (Å²) in [7, 11) is 0. The Morgan fingerprint density at radius 3 is 2.24 bits per heavy atom. The van der Waals surface area contributed by atoms with Crippen molar-refractivity contribution in [2.24, 2.45) is 22.7 Å². The first-order valence-corrected chi connectivity index (χ1v) is 9.49. The van der Waals surface area contributed by atoms with Crippen LogP contribution < -0.4 is 0 Å². The highest BCUT2D eigenvalue weighted by Crippen LogP contribution is 2.66. The molecule has 6 unspecified atom stereocenters. The number of aliphatic carboxylic acids is 1. The molecule has 0 aromatic heterocycles. The van der Waals surface area contributed by atoms with Crippen LogP contribution in [0.2, 0.25) is 0 Å². The molecule has 3 fully saturated rings. The third-order valence-corrected chi connectivity index (χ3v) is 7.96. The lowest BCUT2D eigenvalue weighted by Gasteiger charge is -2.64. The van der Waals surface area contributed by atoms with Crippen LogP contribution in [0.3, 0.4) is 0 Å². The summed E-state index contributed by atoms with van der Waals surface area (Å²) in [6.07, 6.45) is 6.55. The van der Waals surface area contributed by atoms with E-state index in [4.69, 9.17) is 4.74 Å². The Morgan fingerprint density at radius 1 is 1.00 bits per heavy atom. The van der Waals surface area contributed by atoms with Gasteiger partial charge in [-0.2, -0.15) is 0 Å². The number of aliphatic hydroxyl groups is 2. The molecule has 2 saturated carbocycles. The summed E-state index contributed by atoms with van der Waals surface area (Å²) in [5, 5.41) is 29.2. The first kappa shape index (κ1) is 18.6. The molecule has 0 bridgehead atoms. The van der Waals surface area contributed by atoms with Crippen LogP contribution in [0.4, 0.5) is 0 Å². The number of hydrogen-bond donors (Lipinski definition) is 3. The van der Waals surface area contributed by atoms with Gasteiger partial charge in [-0.05, 0) is 76.5 Å². The molecule has 2 aliphatic carbocycles. The zero-order valence-corrected chi connectivity index (χ0v) is 15.8. The largest absolute Gasteiger partial charge is 0.512 e. The number of carbonyl (C=O) groups is 1. The molecule has 3 rings (SSSR count). The molecule has 1 aliphatic heterocycles. The van der Waals surface area contributed by atoms with Crippen LogP contribution in [0.5, 0.6) is 0 Å². The van der Waals surface area contributed by atoms with Crippen molar-refractivity contribution in [1.82, 2.24) is 0 Å². The minimum absolute atomic E-state index is 0.0712. The minimum Gasteiger partial charge on any atom is -0.512 e. The second kappa shape index (κ2) is 5.63. The third-order valence-electron chi connectivity index (χ3n) is 7.96. The fraction of sp³-hybridized carbons (Fsp3) is 0.850. The number of rotatable bonds is 2. The van der Waals surface area contributed by atoms with Gasteiger partial charge in [0.25, 0.3) is 0 Å². The van der Waals surface area contributed by atoms with E-state index in [0.717, 1.165) is 44.8 Å². The van der Waals surface area contributed by atoms with Crippen LogP contribution in [0.15, 0.2) is 12.0 Å². The van der Waals surface area contributed by atoms with Crippen molar-refractivity contribution < 1.29 is 24.9 Å². The summed E-state index contributed by atoms with van der Waals surface area (Å²) in [5.41, 5.74) is -2.01. The van der Waals surface area contributed by atoms with Crippen molar-refractivity contribution in [2.75, 3.05) is 0 Å². The highest BCUT2D eigenvalue weighted by molar-refractivity contribution is 5.75. The molecule has 0 aromatic carbocycles. The van der Waals surface area contributed by atoms with Gasteiger partial charge in [0.15, 0.2) is 5.76 Å². The average Bonchev–Trinajstić information content (AvgIpc) is 2.52. The van der Waals surface area contributed by atoms with Gasteiger partial charge in [-0.1, -0.05) is 13.3 Å². The molecule has 0 amide bonds. The monoisotopic (exact) mass is 352 g/mol. The molecule has 3 aliphatic rings. The summed E-state index contributed by atoms with van der Waals surface area (Å²) in [6, 6.07) is 0. The predicted octanol–water partition coefficient (Wildman–Crippen LogP) is 4.58. The zero-order chi connectivity index (χ0) is 18.7. The van der Waals surface area contributed by atoms with Crippen LogP contribution in [-0.4, -0.2) is 32.5 Å². The number of aliphatic hydroxyl groups excluding tert-OH is 2. The van der Waals surface area contributed by atoms with Crippen molar-refractivity contribution in [3.05, 3.63) is 12.0 Å². The third kappa shape index (κ3) is 2.49. The molecule has 3 N–H and O–H groups in total. The van der Waals surface area contributed by atoms with Gasteiger partial charge in [0.1, 0.15) is 11.9 Å². The lowest BCUT2D eigenvalue weighted by molar-refractivity contribution is -0.263. The van der Waals surface area contributed by atoms with Gasteiger partial charge < -0.3 is 20.1 Å². The van der Waals surface area contributed by atoms with E-state index in [0.29, 0.717) is 6.42 Å². The summed E-state index contributed by atoms with van der Waals surface area (Å²) in [4.78, 5) is 12.0. The topological polar surface area (TPSA) is 87.0 Å². The number of hydrogen-bond acceptors (Lipinski definition) is 4. The average molecular weight is 352 g/mol. The molecule has 1 saturated heterocycles. The van der Waals surface area contributed by atoms with E-state index in [1.165, 1.54) is 0 Å². The number of carboxylic acids is 1. The molecular weight excluding hydrogens is 320 g/mol. The van der Waals surface area contributed by atoms with Crippen LogP contribution >= 0.6 is 0 Å². The second-order valence-corrected chi connectivity index (χ2v) is 9.42.